The van der Waals surface area contributed by atoms with Crippen molar-refractivity contribution in [1.29, 1.82) is 5.26 Å². The highest BCUT2D eigenvalue weighted by Crippen LogP contribution is 2.37. The second kappa shape index (κ2) is 14.6. The van der Waals surface area contributed by atoms with Crippen molar-refractivity contribution in [3.05, 3.63) is 59.8 Å². The van der Waals surface area contributed by atoms with E-state index in [-0.39, 0.29) is 19.2 Å². The number of aliphatic hydroxyl groups excluding tert-OH is 1. The highest BCUT2D eigenvalue weighted by atomic mass is 19.3. The molecule has 47 heavy (non-hydrogen) atoms. The number of aliphatic hydroxyl groups is 1. The Morgan fingerprint density at radius 1 is 1.06 bits per heavy atom. The highest BCUT2D eigenvalue weighted by molar-refractivity contribution is 5.81. The zero-order valence-electron chi connectivity index (χ0n) is 26.1. The molecule has 0 bridgehead atoms. The third-order valence-corrected chi connectivity index (χ3v) is 9.19. The largest absolute Gasteiger partial charge is 0.496 e. The molecule has 3 fully saturated rings. The van der Waals surface area contributed by atoms with Crippen LogP contribution in [0.4, 0.5) is 20.4 Å². The molecule has 1 aromatic heterocycles. The van der Waals surface area contributed by atoms with Crippen molar-refractivity contribution in [2.24, 2.45) is 0 Å². The number of piperidine rings is 2. The fraction of sp³-hybridized carbons (Fsp3) is 0.471. The molecule has 2 N–H and O–H groups in total. The summed E-state index contributed by atoms with van der Waals surface area (Å²) in [5.41, 5.74) is 3.63. The van der Waals surface area contributed by atoms with Gasteiger partial charge in [-0.05, 0) is 67.7 Å². The maximum absolute atomic E-state index is 12.7. The van der Waals surface area contributed by atoms with Crippen LogP contribution in [0.15, 0.2) is 48.7 Å². The summed E-state index contributed by atoms with van der Waals surface area (Å²) in [5, 5.41) is 22.5. The van der Waals surface area contributed by atoms with Crippen molar-refractivity contribution in [2.75, 3.05) is 51.8 Å². The number of nitrogens with one attached hydrogen (secondary N) is 1. The molecule has 1 atom stereocenters. The number of halogens is 2. The van der Waals surface area contributed by atoms with Crippen LogP contribution in [-0.4, -0.2) is 102 Å². The number of benzene rings is 2. The van der Waals surface area contributed by atoms with Crippen molar-refractivity contribution in [3.8, 4) is 28.8 Å². The van der Waals surface area contributed by atoms with Gasteiger partial charge in [0.2, 0.25) is 5.95 Å². The number of nitriles is 1. The van der Waals surface area contributed by atoms with Crippen LogP contribution in [0.3, 0.4) is 0 Å². The van der Waals surface area contributed by atoms with Gasteiger partial charge >= 0.3 is 0 Å². The molecule has 0 saturated carbocycles. The van der Waals surface area contributed by atoms with Crippen LogP contribution in [0.2, 0.25) is 0 Å². The minimum atomic E-state index is -3.13. The van der Waals surface area contributed by atoms with Gasteiger partial charge in [0, 0.05) is 49.4 Å². The molecule has 0 spiro atoms. The van der Waals surface area contributed by atoms with Crippen LogP contribution < -0.4 is 14.8 Å². The summed E-state index contributed by atoms with van der Waals surface area (Å²) >= 11 is 0. The van der Waals surface area contributed by atoms with E-state index in [1.807, 2.05) is 12.1 Å². The van der Waals surface area contributed by atoms with Gasteiger partial charge in [-0.2, -0.15) is 5.26 Å². The molecule has 4 heterocycles. The number of ether oxygens (including phenoxy) is 3. The van der Waals surface area contributed by atoms with Gasteiger partial charge in [-0.1, -0.05) is 6.07 Å². The molecule has 3 aliphatic heterocycles. The number of likely N-dealkylation sites (tertiary alicyclic amines) is 2. The van der Waals surface area contributed by atoms with E-state index in [1.54, 1.807) is 37.6 Å². The molecule has 3 aromatic rings. The van der Waals surface area contributed by atoms with Crippen LogP contribution in [0.1, 0.15) is 42.7 Å². The Morgan fingerprint density at radius 3 is 2.49 bits per heavy atom. The van der Waals surface area contributed by atoms with Crippen molar-refractivity contribution in [1.82, 2.24) is 19.8 Å². The lowest BCUT2D eigenvalue weighted by Gasteiger charge is -2.41. The number of methoxy groups -OCH3 is 1. The van der Waals surface area contributed by atoms with E-state index in [1.165, 1.54) is 10.5 Å². The average molecular weight is 649 g/mol. The number of hydrogen-bond donors (Lipinski definition) is 2. The number of aromatic nitrogens is 2. The summed E-state index contributed by atoms with van der Waals surface area (Å²) in [6.07, 6.45) is -1.19. The number of nitrogens with zero attached hydrogens (tertiary/aromatic N) is 5. The Bertz CT molecular complexity index is 1600. The first-order valence-electron chi connectivity index (χ1n) is 15.9. The van der Waals surface area contributed by atoms with Gasteiger partial charge in [0.1, 0.15) is 23.7 Å². The lowest BCUT2D eigenvalue weighted by molar-refractivity contribution is -0.150. The zero-order chi connectivity index (χ0) is 32.9. The van der Waals surface area contributed by atoms with Gasteiger partial charge in [0.05, 0.1) is 37.6 Å². The second-order valence-electron chi connectivity index (χ2n) is 12.1. The molecule has 0 aliphatic carbocycles. The van der Waals surface area contributed by atoms with Crippen LogP contribution in [0.5, 0.6) is 11.5 Å². The number of hydrogen-bond acceptors (Lipinski definition) is 10. The van der Waals surface area contributed by atoms with Crippen molar-refractivity contribution < 1.29 is 32.9 Å². The molecule has 2 aromatic carbocycles. The minimum absolute atomic E-state index is 0.175. The SMILES string of the molecule is COc1cc(Nc2nccc(-c3ccc(OC4CCN(C(=O)[C@H](O)C(F)F)CC4)c(C#N)c3)n2)ccc1C1CCN(C2COC2)CC1. The van der Waals surface area contributed by atoms with Crippen LogP contribution in [0, 0.1) is 11.3 Å². The summed E-state index contributed by atoms with van der Waals surface area (Å²) < 4.78 is 42.7. The number of rotatable bonds is 10. The van der Waals surface area contributed by atoms with Gasteiger partial charge in [0.25, 0.3) is 12.3 Å². The normalized spacial score (nSPS) is 18.8. The van der Waals surface area contributed by atoms with E-state index in [2.05, 4.69) is 32.3 Å². The standard InChI is InChI=1S/C34H38F2N6O5/c1-45-30-17-24(3-4-27(30)21-7-12-41(13-8-21)25-19-46-20-25)39-34-38-11-6-28(40-34)22-2-5-29(23(16-22)18-37)47-26-9-14-42(15-10-26)33(44)31(43)32(35)36/h2-6,11,16-17,21,25-26,31-32,43H,7-10,12-15,19-20H2,1H3,(H,38,39,40)/t31-/m1/s1. The fourth-order valence-corrected chi connectivity index (χ4v) is 6.39. The van der Waals surface area contributed by atoms with Crippen LogP contribution in [-0.2, 0) is 9.53 Å². The molecule has 3 saturated heterocycles. The summed E-state index contributed by atoms with van der Waals surface area (Å²) in [6, 6.07) is 15.8. The third kappa shape index (κ3) is 7.45. The number of anilines is 2. The number of carbonyl (C=O) groups excluding carboxylic acids is 1. The predicted octanol–water partition coefficient (Wildman–Crippen LogP) is 4.34. The number of alkyl halides is 2. The monoisotopic (exact) mass is 648 g/mol. The Labute approximate surface area is 272 Å². The van der Waals surface area contributed by atoms with E-state index in [4.69, 9.17) is 14.2 Å². The summed E-state index contributed by atoms with van der Waals surface area (Å²) in [5.74, 6) is 1.05. The molecule has 6 rings (SSSR count). The first-order chi connectivity index (χ1) is 22.8. The fourth-order valence-electron chi connectivity index (χ4n) is 6.39. The van der Waals surface area contributed by atoms with Crippen molar-refractivity contribution in [3.63, 3.8) is 0 Å². The summed E-state index contributed by atoms with van der Waals surface area (Å²) in [7, 11) is 1.69. The Hall–Kier alpha value is -4.38. The Balaban J connectivity index is 1.08. The quantitative estimate of drug-likeness (QED) is 0.327. The number of amides is 1. The van der Waals surface area contributed by atoms with Crippen LogP contribution in [0.25, 0.3) is 11.3 Å². The third-order valence-electron chi connectivity index (χ3n) is 9.19. The molecular weight excluding hydrogens is 610 g/mol. The van der Waals surface area contributed by atoms with Crippen LogP contribution >= 0.6 is 0 Å². The molecule has 0 unspecified atom stereocenters. The maximum Gasteiger partial charge on any atom is 0.273 e. The summed E-state index contributed by atoms with van der Waals surface area (Å²) in [4.78, 5) is 24.8. The average Bonchev–Trinajstić information content (AvgIpc) is 3.07. The Kier molecular flexibility index (Phi) is 10.1. The van der Waals surface area contributed by atoms with E-state index in [0.717, 1.165) is 50.6 Å². The van der Waals surface area contributed by atoms with Crippen molar-refractivity contribution in [2.45, 2.75) is 56.3 Å². The first-order valence-corrected chi connectivity index (χ1v) is 15.9. The van der Waals surface area contributed by atoms with E-state index < -0.39 is 18.4 Å². The Morgan fingerprint density at radius 2 is 1.83 bits per heavy atom. The van der Waals surface area contributed by atoms with Gasteiger partial charge in [-0.25, -0.2) is 18.7 Å². The van der Waals surface area contributed by atoms with Gasteiger partial charge in [-0.3, -0.25) is 9.69 Å². The van der Waals surface area contributed by atoms with E-state index in [9.17, 15) is 23.9 Å². The van der Waals surface area contributed by atoms with Crippen molar-refractivity contribution >= 4 is 17.5 Å². The highest BCUT2D eigenvalue weighted by Gasteiger charge is 2.33. The van der Waals surface area contributed by atoms with Gasteiger partial charge in [0.15, 0.2) is 6.10 Å². The molecule has 0 radical (unpaired) electrons. The molecule has 13 heteroatoms. The second-order valence-corrected chi connectivity index (χ2v) is 12.1. The smallest absolute Gasteiger partial charge is 0.273 e. The molecule has 3 aliphatic rings. The lowest BCUT2D eigenvalue weighted by Crippen LogP contribution is -2.51. The first kappa shape index (κ1) is 32.6. The summed E-state index contributed by atoms with van der Waals surface area (Å²) in [6.45, 7) is 4.14. The van der Waals surface area contributed by atoms with Gasteiger partial charge < -0.3 is 29.5 Å². The minimum Gasteiger partial charge on any atom is -0.496 e. The van der Waals surface area contributed by atoms with Gasteiger partial charge in [-0.15, -0.1) is 0 Å². The predicted molar refractivity (Wildman–Crippen MR) is 169 cm³/mol. The zero-order valence-corrected chi connectivity index (χ0v) is 26.1. The number of carbonyl (C=O) groups is 1. The lowest BCUT2D eigenvalue weighted by atomic mass is 9.88. The van der Waals surface area contributed by atoms with E-state index >= 15 is 0 Å². The molecule has 11 nitrogen and oxygen atoms in total. The topological polar surface area (TPSA) is 133 Å². The molecule has 248 valence electrons. The molecule has 1 amide bonds. The maximum atomic E-state index is 12.7. The molecular formula is C34H38F2N6O5. The van der Waals surface area contributed by atoms with E-state index in [0.29, 0.717) is 53.3 Å².